The first-order chi connectivity index (χ1) is 12.7. The Labute approximate surface area is 150 Å². The first-order valence-corrected chi connectivity index (χ1v) is 8.31. The summed E-state index contributed by atoms with van der Waals surface area (Å²) in [5.74, 6) is -0.911. The summed E-state index contributed by atoms with van der Waals surface area (Å²) in [4.78, 5) is 17.4. The SMILES string of the molecule is CCCc1c(C(=O)O/N=C\c2ccc(F)cc2)cnn1-c1ccccc1. The molecule has 1 aromatic heterocycles. The van der Waals surface area contributed by atoms with E-state index in [0.717, 1.165) is 17.8 Å². The monoisotopic (exact) mass is 351 g/mol. The molecule has 0 aliphatic heterocycles. The summed E-state index contributed by atoms with van der Waals surface area (Å²) >= 11 is 0. The van der Waals surface area contributed by atoms with Crippen LogP contribution in [0.25, 0.3) is 5.69 Å². The standard InChI is InChI=1S/C20H18FN3O2/c1-2-6-19-18(14-22-24(19)17-7-4-3-5-8-17)20(25)26-23-13-15-9-11-16(21)12-10-15/h3-5,7-14H,2,6H2,1H3/b23-13-. The van der Waals surface area contributed by atoms with E-state index in [4.69, 9.17) is 4.84 Å². The Kier molecular flexibility index (Phi) is 5.53. The number of rotatable bonds is 6. The first-order valence-electron chi connectivity index (χ1n) is 8.31. The maximum absolute atomic E-state index is 12.9. The van der Waals surface area contributed by atoms with Crippen molar-refractivity contribution in [2.45, 2.75) is 19.8 Å². The summed E-state index contributed by atoms with van der Waals surface area (Å²) in [6.45, 7) is 2.03. The molecular formula is C20H18FN3O2. The number of halogens is 1. The van der Waals surface area contributed by atoms with Gasteiger partial charge in [0.2, 0.25) is 0 Å². The van der Waals surface area contributed by atoms with Crippen LogP contribution in [-0.2, 0) is 11.3 Å². The summed E-state index contributed by atoms with van der Waals surface area (Å²) < 4.78 is 14.6. The van der Waals surface area contributed by atoms with Gasteiger partial charge >= 0.3 is 5.97 Å². The van der Waals surface area contributed by atoms with Crippen LogP contribution in [0.1, 0.15) is 35.0 Å². The van der Waals surface area contributed by atoms with Crippen LogP contribution in [0.5, 0.6) is 0 Å². The highest BCUT2D eigenvalue weighted by Crippen LogP contribution is 2.17. The Hall–Kier alpha value is -3.28. The minimum atomic E-state index is -0.575. The third kappa shape index (κ3) is 4.03. The van der Waals surface area contributed by atoms with Crippen LogP contribution in [0.2, 0.25) is 0 Å². The predicted molar refractivity (Wildman–Crippen MR) is 97.0 cm³/mol. The summed E-state index contributed by atoms with van der Waals surface area (Å²) in [6.07, 6.45) is 4.39. The van der Waals surface area contributed by atoms with Crippen LogP contribution in [-0.4, -0.2) is 22.0 Å². The minimum Gasteiger partial charge on any atom is -0.313 e. The fourth-order valence-electron chi connectivity index (χ4n) is 2.55. The van der Waals surface area contributed by atoms with Crippen LogP contribution < -0.4 is 0 Å². The van der Waals surface area contributed by atoms with Gasteiger partial charge < -0.3 is 4.84 Å². The quantitative estimate of drug-likeness (QED) is 0.381. The lowest BCUT2D eigenvalue weighted by Gasteiger charge is -2.07. The number of benzene rings is 2. The molecule has 0 fully saturated rings. The molecule has 6 heteroatoms. The largest absolute Gasteiger partial charge is 0.369 e. The summed E-state index contributed by atoms with van der Waals surface area (Å²) in [5, 5.41) is 8.02. The molecule has 0 aliphatic rings. The molecular weight excluding hydrogens is 333 g/mol. The number of oxime groups is 1. The zero-order valence-corrected chi connectivity index (χ0v) is 14.3. The highest BCUT2D eigenvalue weighted by atomic mass is 19.1. The van der Waals surface area contributed by atoms with E-state index in [-0.39, 0.29) is 5.82 Å². The van der Waals surface area contributed by atoms with E-state index >= 15 is 0 Å². The van der Waals surface area contributed by atoms with Crippen LogP contribution in [0.3, 0.4) is 0 Å². The molecule has 3 rings (SSSR count). The number of nitrogens with zero attached hydrogens (tertiary/aromatic N) is 3. The number of aromatic nitrogens is 2. The molecule has 0 N–H and O–H groups in total. The summed E-state index contributed by atoms with van der Waals surface area (Å²) in [6, 6.07) is 15.3. The number of carbonyl (C=O) groups is 1. The third-order valence-electron chi connectivity index (χ3n) is 3.78. The second-order valence-electron chi connectivity index (χ2n) is 5.67. The normalized spacial score (nSPS) is 11.0. The van der Waals surface area contributed by atoms with Crippen LogP contribution >= 0.6 is 0 Å². The maximum Gasteiger partial charge on any atom is 0.369 e. The first kappa shape index (κ1) is 17.5. The van der Waals surface area contributed by atoms with Gasteiger partial charge in [-0.15, -0.1) is 0 Å². The summed E-state index contributed by atoms with van der Waals surface area (Å²) in [7, 11) is 0. The molecule has 2 aromatic carbocycles. The van der Waals surface area contributed by atoms with E-state index in [0.29, 0.717) is 17.5 Å². The van der Waals surface area contributed by atoms with Crippen LogP contribution in [0.4, 0.5) is 4.39 Å². The van der Waals surface area contributed by atoms with Crippen molar-refractivity contribution in [2.24, 2.45) is 5.16 Å². The van der Waals surface area contributed by atoms with E-state index in [1.54, 1.807) is 16.8 Å². The second-order valence-corrected chi connectivity index (χ2v) is 5.67. The summed E-state index contributed by atoms with van der Waals surface area (Å²) in [5.41, 5.74) is 2.67. The third-order valence-corrected chi connectivity index (χ3v) is 3.78. The van der Waals surface area contributed by atoms with Gasteiger partial charge in [0.05, 0.1) is 23.8 Å². The van der Waals surface area contributed by atoms with Crippen molar-refractivity contribution in [2.75, 3.05) is 0 Å². The molecule has 132 valence electrons. The zero-order chi connectivity index (χ0) is 18.4. The lowest BCUT2D eigenvalue weighted by Crippen LogP contribution is -2.08. The van der Waals surface area contributed by atoms with E-state index in [2.05, 4.69) is 10.3 Å². The van der Waals surface area contributed by atoms with Crippen molar-refractivity contribution in [3.05, 3.63) is 83.4 Å². The molecule has 0 aliphatic carbocycles. The Bertz CT molecular complexity index is 903. The smallest absolute Gasteiger partial charge is 0.313 e. The van der Waals surface area contributed by atoms with Crippen molar-refractivity contribution in [3.8, 4) is 5.69 Å². The van der Waals surface area contributed by atoms with Gasteiger partial charge in [-0.2, -0.15) is 5.10 Å². The van der Waals surface area contributed by atoms with Gasteiger partial charge in [-0.25, -0.2) is 13.9 Å². The predicted octanol–water partition coefficient (Wildman–Crippen LogP) is 4.15. The van der Waals surface area contributed by atoms with Crippen LogP contribution in [0.15, 0.2) is 65.9 Å². The van der Waals surface area contributed by atoms with Gasteiger partial charge in [0, 0.05) is 0 Å². The van der Waals surface area contributed by atoms with E-state index in [1.165, 1.54) is 24.5 Å². The number of para-hydroxylation sites is 1. The lowest BCUT2D eigenvalue weighted by atomic mass is 10.1. The molecule has 26 heavy (non-hydrogen) atoms. The maximum atomic E-state index is 12.9. The Balaban J connectivity index is 1.78. The fraction of sp³-hybridized carbons (Fsp3) is 0.150. The molecule has 0 radical (unpaired) electrons. The number of hydrogen-bond acceptors (Lipinski definition) is 4. The van der Waals surface area contributed by atoms with Crippen LogP contribution in [0, 0.1) is 5.82 Å². The topological polar surface area (TPSA) is 56.5 Å². The van der Waals surface area contributed by atoms with E-state index < -0.39 is 5.97 Å². The van der Waals surface area contributed by atoms with Crippen molar-refractivity contribution in [1.29, 1.82) is 0 Å². The van der Waals surface area contributed by atoms with Gasteiger partial charge in [-0.3, -0.25) is 0 Å². The van der Waals surface area contributed by atoms with Gasteiger partial charge in [0.25, 0.3) is 0 Å². The van der Waals surface area contributed by atoms with Crippen molar-refractivity contribution >= 4 is 12.2 Å². The molecule has 0 spiro atoms. The Morgan fingerprint density at radius 3 is 2.62 bits per heavy atom. The highest BCUT2D eigenvalue weighted by Gasteiger charge is 2.19. The molecule has 0 saturated heterocycles. The van der Waals surface area contributed by atoms with Crippen molar-refractivity contribution in [1.82, 2.24) is 9.78 Å². The molecule has 0 unspecified atom stereocenters. The fourth-order valence-corrected chi connectivity index (χ4v) is 2.55. The molecule has 0 saturated carbocycles. The van der Waals surface area contributed by atoms with Gasteiger partial charge in [0.1, 0.15) is 11.4 Å². The molecule has 3 aromatic rings. The highest BCUT2D eigenvalue weighted by molar-refractivity contribution is 5.91. The van der Waals surface area contributed by atoms with E-state index in [1.807, 2.05) is 37.3 Å². The second kappa shape index (κ2) is 8.20. The van der Waals surface area contributed by atoms with Gasteiger partial charge in [0.15, 0.2) is 0 Å². The van der Waals surface area contributed by atoms with Crippen molar-refractivity contribution in [3.63, 3.8) is 0 Å². The zero-order valence-electron chi connectivity index (χ0n) is 14.3. The molecule has 0 bridgehead atoms. The Morgan fingerprint density at radius 1 is 1.19 bits per heavy atom. The average molecular weight is 351 g/mol. The average Bonchev–Trinajstić information content (AvgIpc) is 3.08. The number of hydrogen-bond donors (Lipinski definition) is 0. The van der Waals surface area contributed by atoms with Crippen molar-refractivity contribution < 1.29 is 14.0 Å². The van der Waals surface area contributed by atoms with Gasteiger partial charge in [-0.05, 0) is 36.2 Å². The molecule has 0 atom stereocenters. The Morgan fingerprint density at radius 2 is 1.92 bits per heavy atom. The van der Waals surface area contributed by atoms with E-state index in [9.17, 15) is 9.18 Å². The molecule has 5 nitrogen and oxygen atoms in total. The molecule has 0 amide bonds. The molecule has 1 heterocycles. The minimum absolute atomic E-state index is 0.336. The number of carbonyl (C=O) groups excluding carboxylic acids is 1. The van der Waals surface area contributed by atoms with Gasteiger partial charge in [-0.1, -0.05) is 48.8 Å². The lowest BCUT2D eigenvalue weighted by molar-refractivity contribution is 0.0518.